The first-order chi connectivity index (χ1) is 19.9. The van der Waals surface area contributed by atoms with Gasteiger partial charge in [-0.15, -0.1) is 0 Å². The van der Waals surface area contributed by atoms with Crippen LogP contribution in [0.3, 0.4) is 0 Å². The quantitative estimate of drug-likeness (QED) is 0.426. The van der Waals surface area contributed by atoms with Gasteiger partial charge in [-0.2, -0.15) is 5.10 Å². The zero-order valence-corrected chi connectivity index (χ0v) is 24.0. The first-order valence-corrected chi connectivity index (χ1v) is 14.7. The van der Waals surface area contributed by atoms with Crippen LogP contribution in [0.4, 0.5) is 11.4 Å². The van der Waals surface area contributed by atoms with Crippen molar-refractivity contribution >= 4 is 29.0 Å². The van der Waals surface area contributed by atoms with Gasteiger partial charge < -0.3 is 20.2 Å². The number of hydrogen-bond acceptors (Lipinski definition) is 6. The second-order valence-corrected chi connectivity index (χ2v) is 11.7. The lowest BCUT2D eigenvalue weighted by Gasteiger charge is -2.33. The predicted octanol–water partition coefficient (Wildman–Crippen LogP) is 4.53. The van der Waals surface area contributed by atoms with Crippen molar-refractivity contribution in [3.63, 3.8) is 0 Å². The molecule has 0 spiro atoms. The van der Waals surface area contributed by atoms with E-state index in [1.165, 1.54) is 18.4 Å². The molecule has 2 N–H and O–H groups in total. The van der Waals surface area contributed by atoms with Crippen LogP contribution in [0.2, 0.25) is 0 Å². The van der Waals surface area contributed by atoms with Crippen LogP contribution in [-0.4, -0.2) is 57.6 Å². The third-order valence-corrected chi connectivity index (χ3v) is 8.63. The lowest BCUT2D eigenvalue weighted by molar-refractivity contribution is -0.123. The van der Waals surface area contributed by atoms with E-state index in [1.807, 2.05) is 35.1 Å². The number of anilines is 2. The van der Waals surface area contributed by atoms with E-state index in [0.29, 0.717) is 41.9 Å². The average Bonchev–Trinajstić information content (AvgIpc) is 3.75. The largest absolute Gasteiger partial charge is 0.392 e. The van der Waals surface area contributed by atoms with Crippen molar-refractivity contribution in [2.24, 2.45) is 10.9 Å². The van der Waals surface area contributed by atoms with Crippen LogP contribution in [0.25, 0.3) is 0 Å². The number of amides is 2. The van der Waals surface area contributed by atoms with E-state index in [1.54, 1.807) is 23.0 Å². The van der Waals surface area contributed by atoms with Crippen LogP contribution in [-0.2, 0) is 24.4 Å². The minimum Gasteiger partial charge on any atom is -0.392 e. The summed E-state index contributed by atoms with van der Waals surface area (Å²) in [6, 6.07) is 11.6. The number of amidine groups is 1. The summed E-state index contributed by atoms with van der Waals surface area (Å²) in [5, 5.41) is 18.2. The number of aliphatic imine (C=N–C) groups is 1. The van der Waals surface area contributed by atoms with E-state index in [0.717, 1.165) is 36.1 Å². The van der Waals surface area contributed by atoms with Gasteiger partial charge in [0.1, 0.15) is 0 Å². The van der Waals surface area contributed by atoms with E-state index in [-0.39, 0.29) is 24.3 Å². The molecule has 2 unspecified atom stereocenters. The molecule has 2 aromatic carbocycles. The monoisotopic (exact) mass is 554 g/mol. The summed E-state index contributed by atoms with van der Waals surface area (Å²) in [5.41, 5.74) is 6.04. The molecular weight excluding hydrogens is 516 g/mol. The molecule has 1 saturated carbocycles. The smallest absolute Gasteiger partial charge is 0.289 e. The number of nitrogens with one attached hydrogen (secondary N) is 1. The molecule has 1 fully saturated rings. The molecule has 0 saturated heterocycles. The van der Waals surface area contributed by atoms with Gasteiger partial charge in [-0.25, -0.2) is 0 Å². The second kappa shape index (κ2) is 11.1. The summed E-state index contributed by atoms with van der Waals surface area (Å²) in [6.45, 7) is 5.81. The normalized spacial score (nSPS) is 19.7. The van der Waals surface area contributed by atoms with Crippen molar-refractivity contribution in [2.45, 2.75) is 64.6 Å². The number of aromatic nitrogens is 2. The maximum atomic E-state index is 13.7. The molecule has 3 aliphatic rings. The minimum atomic E-state index is -0.397. The van der Waals surface area contributed by atoms with Crippen molar-refractivity contribution in [3.8, 4) is 0 Å². The summed E-state index contributed by atoms with van der Waals surface area (Å²) in [6.07, 6.45) is 7.88. The molecule has 3 aromatic rings. The molecule has 2 amide bonds. The molecular formula is C32H38N6O3. The van der Waals surface area contributed by atoms with Crippen LogP contribution >= 0.6 is 0 Å². The van der Waals surface area contributed by atoms with Gasteiger partial charge in [0.05, 0.1) is 24.5 Å². The van der Waals surface area contributed by atoms with Crippen molar-refractivity contribution < 1.29 is 14.7 Å². The molecule has 1 aromatic heterocycles. The summed E-state index contributed by atoms with van der Waals surface area (Å²) in [4.78, 5) is 34.9. The van der Waals surface area contributed by atoms with Gasteiger partial charge in [0.15, 0.2) is 5.84 Å². The molecule has 214 valence electrons. The molecule has 9 nitrogen and oxygen atoms in total. The number of likely N-dealkylation sites (N-methyl/N-ethyl adjacent to an activating group) is 1. The highest BCUT2D eigenvalue weighted by Gasteiger charge is 2.33. The number of carbonyl (C=O) groups is 2. The zero-order chi connectivity index (χ0) is 28.7. The van der Waals surface area contributed by atoms with E-state index < -0.39 is 6.04 Å². The fraction of sp³-hybridized carbons (Fsp3) is 0.438. The summed E-state index contributed by atoms with van der Waals surface area (Å²) < 4.78 is 1.87. The molecule has 0 bridgehead atoms. The number of carbonyl (C=O) groups excluding carboxylic acids is 2. The number of nitrogens with zero attached hydrogens (tertiary/aromatic N) is 5. The van der Waals surface area contributed by atoms with Crippen molar-refractivity contribution in [3.05, 3.63) is 76.6 Å². The molecule has 6 rings (SSSR count). The van der Waals surface area contributed by atoms with Crippen LogP contribution in [0.5, 0.6) is 0 Å². The van der Waals surface area contributed by atoms with E-state index in [2.05, 4.69) is 36.4 Å². The van der Waals surface area contributed by atoms with Gasteiger partial charge >= 0.3 is 0 Å². The lowest BCUT2D eigenvalue weighted by atomic mass is 9.93. The molecule has 2 atom stereocenters. The fourth-order valence-corrected chi connectivity index (χ4v) is 5.88. The van der Waals surface area contributed by atoms with Crippen molar-refractivity contribution in [1.82, 2.24) is 14.7 Å². The third kappa shape index (κ3) is 5.38. The van der Waals surface area contributed by atoms with Crippen molar-refractivity contribution in [2.75, 3.05) is 30.4 Å². The lowest BCUT2D eigenvalue weighted by Crippen LogP contribution is -2.44. The molecule has 1 aliphatic carbocycles. The standard InChI is InChI=1S/C32H38N6O3/c1-4-20(2)16-37-17-24(15-33-37)34-30-32(41)36(3)18-28(35-30)26-6-5-7-29(27(26)19-39)38-13-12-23-14-22(21-8-9-21)10-11-25(23)31(38)40/h5-7,10-11,14-15,17,20-21,28,39H,4,8-9,12-13,16,18-19H2,1-3H3,(H,34,35). The van der Waals surface area contributed by atoms with Crippen LogP contribution in [0.15, 0.2) is 53.8 Å². The Kier molecular flexibility index (Phi) is 7.38. The Morgan fingerprint density at radius 2 is 1.98 bits per heavy atom. The SMILES string of the molecule is CCC(C)Cn1cc(NC2=NC(c3cccc(N4CCc5cc(C6CC6)ccc5C4=O)c3CO)CN(C)C2=O)cn1. The average molecular weight is 555 g/mol. The Hall–Kier alpha value is -3.98. The number of aliphatic hydroxyl groups excluding tert-OH is 1. The number of benzene rings is 2. The second-order valence-electron chi connectivity index (χ2n) is 11.7. The van der Waals surface area contributed by atoms with Crippen LogP contribution in [0.1, 0.15) is 77.7 Å². The number of rotatable bonds is 8. The third-order valence-electron chi connectivity index (χ3n) is 8.63. The predicted molar refractivity (Wildman–Crippen MR) is 159 cm³/mol. The van der Waals surface area contributed by atoms with E-state index >= 15 is 0 Å². The molecule has 2 aliphatic heterocycles. The number of fused-ring (bicyclic) bond motifs is 1. The minimum absolute atomic E-state index is 0.0448. The molecule has 41 heavy (non-hydrogen) atoms. The Labute approximate surface area is 240 Å². The summed E-state index contributed by atoms with van der Waals surface area (Å²) in [7, 11) is 1.75. The Balaban J connectivity index is 1.28. The van der Waals surface area contributed by atoms with Gasteiger partial charge in [-0.3, -0.25) is 19.3 Å². The maximum Gasteiger partial charge on any atom is 0.289 e. The highest BCUT2D eigenvalue weighted by atomic mass is 16.3. The topological polar surface area (TPSA) is 103 Å². The highest BCUT2D eigenvalue weighted by molar-refractivity contribution is 6.42. The number of hydrogen-bond donors (Lipinski definition) is 2. The van der Waals surface area contributed by atoms with Crippen molar-refractivity contribution in [1.29, 1.82) is 0 Å². The Morgan fingerprint density at radius 3 is 2.73 bits per heavy atom. The molecule has 0 radical (unpaired) electrons. The van der Waals surface area contributed by atoms with Crippen LogP contribution < -0.4 is 10.2 Å². The van der Waals surface area contributed by atoms with Gasteiger partial charge in [0, 0.05) is 49.7 Å². The maximum absolute atomic E-state index is 13.7. The first-order valence-electron chi connectivity index (χ1n) is 14.7. The first kappa shape index (κ1) is 27.2. The van der Waals surface area contributed by atoms with Gasteiger partial charge in [-0.05, 0) is 59.9 Å². The molecule has 3 heterocycles. The van der Waals surface area contributed by atoms with E-state index in [4.69, 9.17) is 4.99 Å². The summed E-state index contributed by atoms with van der Waals surface area (Å²) in [5.74, 6) is 1.13. The van der Waals surface area contributed by atoms with Crippen LogP contribution in [0, 0.1) is 5.92 Å². The summed E-state index contributed by atoms with van der Waals surface area (Å²) >= 11 is 0. The molecule has 9 heteroatoms. The van der Waals surface area contributed by atoms with Gasteiger partial charge in [-0.1, -0.05) is 44.5 Å². The fourth-order valence-electron chi connectivity index (χ4n) is 5.88. The Morgan fingerprint density at radius 1 is 1.15 bits per heavy atom. The number of aliphatic hydroxyl groups is 1. The Bertz CT molecular complexity index is 1510. The zero-order valence-electron chi connectivity index (χ0n) is 24.0. The van der Waals surface area contributed by atoms with Gasteiger partial charge in [0.2, 0.25) is 0 Å². The highest BCUT2D eigenvalue weighted by Crippen LogP contribution is 2.41. The van der Waals surface area contributed by atoms with E-state index in [9.17, 15) is 14.7 Å². The van der Waals surface area contributed by atoms with Gasteiger partial charge in [0.25, 0.3) is 11.8 Å².